The molecule has 1 heterocycles. The molecule has 0 spiro atoms. The van der Waals surface area contributed by atoms with E-state index in [1.54, 1.807) is 6.20 Å². The molecule has 1 aliphatic rings. The Kier molecular flexibility index (Phi) is 9.93. The topological polar surface area (TPSA) is 81.8 Å². The monoisotopic (exact) mass is 434 g/mol. The number of nitrogens with one attached hydrogen (secondary N) is 1. The van der Waals surface area contributed by atoms with E-state index in [0.29, 0.717) is 24.5 Å². The molecule has 0 radical (unpaired) electrons. The Balaban J connectivity index is 0.00000264. The van der Waals surface area contributed by atoms with Crippen molar-refractivity contribution in [3.05, 3.63) is 23.9 Å². The van der Waals surface area contributed by atoms with Crippen molar-refractivity contribution < 1.29 is 9.47 Å². The molecule has 0 bridgehead atoms. The average molecular weight is 434 g/mol. The van der Waals surface area contributed by atoms with Gasteiger partial charge in [0, 0.05) is 32.0 Å². The fourth-order valence-corrected chi connectivity index (χ4v) is 2.04. The molecule has 0 saturated heterocycles. The van der Waals surface area contributed by atoms with Gasteiger partial charge in [0.05, 0.1) is 6.54 Å². The maximum atomic E-state index is 5.84. The summed E-state index contributed by atoms with van der Waals surface area (Å²) in [5.41, 5.74) is 6.88. The zero-order valence-electron chi connectivity index (χ0n) is 13.7. The van der Waals surface area contributed by atoms with Crippen LogP contribution < -0.4 is 15.8 Å². The van der Waals surface area contributed by atoms with Crippen LogP contribution in [0.15, 0.2) is 23.3 Å². The van der Waals surface area contributed by atoms with E-state index in [4.69, 9.17) is 15.2 Å². The molecule has 1 aliphatic carbocycles. The van der Waals surface area contributed by atoms with E-state index in [0.717, 1.165) is 44.6 Å². The third kappa shape index (κ3) is 7.83. The molecular formula is C16H27IN4O2. The lowest BCUT2D eigenvalue weighted by Crippen LogP contribution is -2.32. The number of guanidine groups is 1. The van der Waals surface area contributed by atoms with Gasteiger partial charge in [-0.3, -0.25) is 0 Å². The number of nitrogens with two attached hydrogens (primary N) is 1. The second-order valence-electron chi connectivity index (χ2n) is 5.35. The van der Waals surface area contributed by atoms with E-state index in [2.05, 4.69) is 15.3 Å². The number of rotatable bonds is 9. The number of pyridine rings is 1. The smallest absolute Gasteiger partial charge is 0.213 e. The van der Waals surface area contributed by atoms with Crippen LogP contribution in [0.5, 0.6) is 5.88 Å². The van der Waals surface area contributed by atoms with Crippen molar-refractivity contribution in [3.8, 4) is 5.88 Å². The molecule has 1 aromatic heterocycles. The minimum atomic E-state index is 0. The van der Waals surface area contributed by atoms with Crippen molar-refractivity contribution in [1.29, 1.82) is 0 Å². The molecule has 1 fully saturated rings. The summed E-state index contributed by atoms with van der Waals surface area (Å²) in [5, 5.41) is 3.08. The highest BCUT2D eigenvalue weighted by atomic mass is 127. The van der Waals surface area contributed by atoms with Crippen LogP contribution in [0.4, 0.5) is 0 Å². The minimum absolute atomic E-state index is 0. The van der Waals surface area contributed by atoms with Crippen LogP contribution in [0.3, 0.4) is 0 Å². The Bertz CT molecular complexity index is 481. The second-order valence-corrected chi connectivity index (χ2v) is 5.35. The third-order valence-corrected chi connectivity index (χ3v) is 3.55. The summed E-state index contributed by atoms with van der Waals surface area (Å²) in [6.45, 7) is 4.76. The Morgan fingerprint density at radius 1 is 1.48 bits per heavy atom. The van der Waals surface area contributed by atoms with Gasteiger partial charge in [0.25, 0.3) is 0 Å². The van der Waals surface area contributed by atoms with Crippen LogP contribution in [0, 0.1) is 0 Å². The number of ether oxygens (including phenoxy) is 2. The van der Waals surface area contributed by atoms with Crippen LogP contribution in [-0.2, 0) is 11.3 Å². The summed E-state index contributed by atoms with van der Waals surface area (Å²) < 4.78 is 11.0. The van der Waals surface area contributed by atoms with Gasteiger partial charge in [-0.15, -0.1) is 24.0 Å². The molecule has 0 aliphatic heterocycles. The SMILES string of the molecule is CCOCCCNC(N)=NCc1ccnc(OC2CCC2)c1.I. The molecular weight excluding hydrogens is 407 g/mol. The minimum Gasteiger partial charge on any atom is -0.474 e. The quantitative estimate of drug-likeness (QED) is 0.270. The molecule has 130 valence electrons. The highest BCUT2D eigenvalue weighted by Gasteiger charge is 2.19. The Morgan fingerprint density at radius 3 is 3.00 bits per heavy atom. The lowest BCUT2D eigenvalue weighted by molar-refractivity contribution is 0.114. The van der Waals surface area contributed by atoms with Crippen LogP contribution in [0.2, 0.25) is 0 Å². The van der Waals surface area contributed by atoms with E-state index in [1.807, 2.05) is 19.1 Å². The van der Waals surface area contributed by atoms with Crippen LogP contribution in [0.25, 0.3) is 0 Å². The molecule has 0 amide bonds. The summed E-state index contributed by atoms with van der Waals surface area (Å²) in [6.07, 6.45) is 6.51. The van der Waals surface area contributed by atoms with Gasteiger partial charge in [0.15, 0.2) is 5.96 Å². The number of hydrogen-bond acceptors (Lipinski definition) is 4. The molecule has 0 atom stereocenters. The van der Waals surface area contributed by atoms with Crippen LogP contribution in [-0.4, -0.2) is 36.8 Å². The summed E-state index contributed by atoms with van der Waals surface area (Å²) >= 11 is 0. The Morgan fingerprint density at radius 2 is 2.30 bits per heavy atom. The van der Waals surface area contributed by atoms with Crippen molar-refractivity contribution >= 4 is 29.9 Å². The van der Waals surface area contributed by atoms with Gasteiger partial charge in [-0.1, -0.05) is 0 Å². The van der Waals surface area contributed by atoms with E-state index < -0.39 is 0 Å². The first kappa shape index (κ1) is 20.0. The van der Waals surface area contributed by atoms with Crippen molar-refractivity contribution in [2.75, 3.05) is 19.8 Å². The highest BCUT2D eigenvalue weighted by molar-refractivity contribution is 14.0. The van der Waals surface area contributed by atoms with Gasteiger partial charge in [0.1, 0.15) is 6.10 Å². The van der Waals surface area contributed by atoms with Gasteiger partial charge in [0.2, 0.25) is 5.88 Å². The van der Waals surface area contributed by atoms with E-state index >= 15 is 0 Å². The van der Waals surface area contributed by atoms with Crippen LogP contribution >= 0.6 is 24.0 Å². The van der Waals surface area contributed by atoms with Crippen molar-refractivity contribution in [1.82, 2.24) is 10.3 Å². The standard InChI is InChI=1S/C16H26N4O2.HI/c1-2-21-10-4-8-19-16(17)20-12-13-7-9-18-15(11-13)22-14-5-3-6-14;/h7,9,11,14H,2-6,8,10,12H2,1H3,(H3,17,19,20);1H. The fraction of sp³-hybridized carbons (Fsp3) is 0.625. The second kappa shape index (κ2) is 11.4. The third-order valence-electron chi connectivity index (χ3n) is 3.55. The maximum absolute atomic E-state index is 5.84. The highest BCUT2D eigenvalue weighted by Crippen LogP contribution is 2.24. The molecule has 1 saturated carbocycles. The molecule has 0 aromatic carbocycles. The largest absolute Gasteiger partial charge is 0.474 e. The number of aliphatic imine (C=N–C) groups is 1. The molecule has 23 heavy (non-hydrogen) atoms. The first-order chi connectivity index (χ1) is 10.8. The van der Waals surface area contributed by atoms with Gasteiger partial charge >= 0.3 is 0 Å². The summed E-state index contributed by atoms with van der Waals surface area (Å²) in [5.74, 6) is 1.13. The zero-order valence-corrected chi connectivity index (χ0v) is 16.0. The first-order valence-electron chi connectivity index (χ1n) is 8.01. The van der Waals surface area contributed by atoms with Crippen molar-refractivity contribution in [2.45, 2.75) is 45.3 Å². The van der Waals surface area contributed by atoms with Gasteiger partial charge in [-0.25, -0.2) is 9.98 Å². The molecule has 2 rings (SSSR count). The predicted octanol–water partition coefficient (Wildman–Crippen LogP) is 2.46. The van der Waals surface area contributed by atoms with Gasteiger partial charge in [-0.2, -0.15) is 0 Å². The van der Waals surface area contributed by atoms with Crippen LogP contribution in [0.1, 0.15) is 38.2 Å². The summed E-state index contributed by atoms with van der Waals surface area (Å²) in [6, 6.07) is 3.86. The number of nitrogens with zero attached hydrogens (tertiary/aromatic N) is 2. The molecule has 1 aromatic rings. The lowest BCUT2D eigenvalue weighted by Gasteiger charge is -2.25. The van der Waals surface area contributed by atoms with Crippen molar-refractivity contribution in [2.24, 2.45) is 10.7 Å². The first-order valence-corrected chi connectivity index (χ1v) is 8.01. The number of hydrogen-bond donors (Lipinski definition) is 2. The zero-order chi connectivity index (χ0) is 15.6. The van der Waals surface area contributed by atoms with E-state index in [-0.39, 0.29) is 24.0 Å². The molecule has 0 unspecified atom stereocenters. The predicted molar refractivity (Wildman–Crippen MR) is 102 cm³/mol. The summed E-state index contributed by atoms with van der Waals surface area (Å²) in [7, 11) is 0. The maximum Gasteiger partial charge on any atom is 0.213 e. The summed E-state index contributed by atoms with van der Waals surface area (Å²) in [4.78, 5) is 8.56. The Hall–Kier alpha value is -1.09. The average Bonchev–Trinajstić information content (AvgIpc) is 2.49. The van der Waals surface area contributed by atoms with E-state index in [1.165, 1.54) is 6.42 Å². The lowest BCUT2D eigenvalue weighted by atomic mass is 9.96. The Labute approximate surface area is 155 Å². The van der Waals surface area contributed by atoms with Gasteiger partial charge in [-0.05, 0) is 44.2 Å². The number of halogens is 1. The molecule has 7 heteroatoms. The van der Waals surface area contributed by atoms with Gasteiger partial charge < -0.3 is 20.5 Å². The van der Waals surface area contributed by atoms with Crippen molar-refractivity contribution in [3.63, 3.8) is 0 Å². The fourth-order valence-electron chi connectivity index (χ4n) is 2.04. The number of aromatic nitrogens is 1. The molecule has 6 nitrogen and oxygen atoms in total. The normalized spacial score (nSPS) is 14.7. The van der Waals surface area contributed by atoms with E-state index in [9.17, 15) is 0 Å². The molecule has 3 N–H and O–H groups in total.